The maximum absolute atomic E-state index is 4.44. The van der Waals surface area contributed by atoms with Crippen LogP contribution in [0.1, 0.15) is 25.7 Å². The maximum Gasteiger partial charge on any atom is 0.0850 e. The van der Waals surface area contributed by atoms with Crippen molar-refractivity contribution in [2.24, 2.45) is 4.99 Å². The Morgan fingerprint density at radius 1 is 1.44 bits per heavy atom. The van der Waals surface area contributed by atoms with Crippen LogP contribution < -0.4 is 0 Å². The lowest BCUT2D eigenvalue weighted by Crippen LogP contribution is -2.17. The zero-order chi connectivity index (χ0) is 6.10. The summed E-state index contributed by atoms with van der Waals surface area (Å²) in [5.41, 5.74) is 1.51. The zero-order valence-corrected chi connectivity index (χ0v) is 6.28. The molecule has 2 rings (SSSR count). The van der Waals surface area contributed by atoms with Crippen LogP contribution >= 0.6 is 11.8 Å². The molecule has 1 heterocycles. The fourth-order valence-electron chi connectivity index (χ4n) is 1.53. The summed E-state index contributed by atoms with van der Waals surface area (Å²) in [6.07, 6.45) is 5.49. The first-order valence-electron chi connectivity index (χ1n) is 3.61. The van der Waals surface area contributed by atoms with Crippen molar-refractivity contribution in [1.29, 1.82) is 0 Å². The molecule has 1 nitrogen and oxygen atoms in total. The van der Waals surface area contributed by atoms with Crippen molar-refractivity contribution in [2.45, 2.75) is 30.9 Å². The molecular formula is C7H11NS. The van der Waals surface area contributed by atoms with Gasteiger partial charge in [0.15, 0.2) is 0 Å². The number of nitrogens with zero attached hydrogens (tertiary/aromatic N) is 1. The van der Waals surface area contributed by atoms with Gasteiger partial charge in [-0.25, -0.2) is 0 Å². The third kappa shape index (κ3) is 1.00. The van der Waals surface area contributed by atoms with E-state index in [1.807, 2.05) is 11.8 Å². The average Bonchev–Trinajstić information content (AvgIpc) is 2.33. The molecular weight excluding hydrogens is 130 g/mol. The third-order valence-corrected chi connectivity index (χ3v) is 3.25. The summed E-state index contributed by atoms with van der Waals surface area (Å²) in [4.78, 5) is 4.44. The second kappa shape index (κ2) is 2.33. The molecule has 0 N–H and O–H groups in total. The maximum atomic E-state index is 4.44. The van der Waals surface area contributed by atoms with Gasteiger partial charge in [0, 0.05) is 11.0 Å². The molecule has 0 saturated heterocycles. The van der Waals surface area contributed by atoms with E-state index in [1.54, 1.807) is 0 Å². The van der Waals surface area contributed by atoms with Crippen LogP contribution in [-0.2, 0) is 0 Å². The summed E-state index contributed by atoms with van der Waals surface area (Å²) in [7, 11) is 0. The van der Waals surface area contributed by atoms with Gasteiger partial charge in [0.25, 0.3) is 0 Å². The van der Waals surface area contributed by atoms with Crippen molar-refractivity contribution in [1.82, 2.24) is 0 Å². The lowest BCUT2D eigenvalue weighted by molar-refractivity contribution is 0.678. The molecule has 2 aliphatic rings. The lowest BCUT2D eigenvalue weighted by Gasteiger charge is -2.16. The van der Waals surface area contributed by atoms with E-state index in [0.29, 0.717) is 0 Å². The standard InChI is InChI=1S/C7H11NS/c1-2-4-7-6(3-1)8-5-9-7/h7H,1-5H2. The molecule has 1 atom stereocenters. The Balaban J connectivity index is 2.09. The van der Waals surface area contributed by atoms with Crippen LogP contribution in [0.5, 0.6) is 0 Å². The lowest BCUT2D eigenvalue weighted by atomic mass is 9.98. The highest BCUT2D eigenvalue weighted by Crippen LogP contribution is 2.31. The number of aliphatic imine (C=N–C) groups is 1. The van der Waals surface area contributed by atoms with E-state index in [2.05, 4.69) is 4.99 Å². The highest BCUT2D eigenvalue weighted by molar-refractivity contribution is 8.00. The van der Waals surface area contributed by atoms with Gasteiger partial charge in [-0.2, -0.15) is 0 Å². The number of rotatable bonds is 0. The number of hydrogen-bond acceptors (Lipinski definition) is 2. The van der Waals surface area contributed by atoms with Crippen molar-refractivity contribution in [3.8, 4) is 0 Å². The van der Waals surface area contributed by atoms with Crippen molar-refractivity contribution >= 4 is 17.5 Å². The summed E-state index contributed by atoms with van der Waals surface area (Å²) in [5.74, 6) is 1.04. The third-order valence-electron chi connectivity index (χ3n) is 2.06. The van der Waals surface area contributed by atoms with Crippen LogP contribution in [0.2, 0.25) is 0 Å². The van der Waals surface area contributed by atoms with E-state index >= 15 is 0 Å². The Morgan fingerprint density at radius 3 is 3.33 bits per heavy atom. The van der Waals surface area contributed by atoms with Gasteiger partial charge >= 0.3 is 0 Å². The molecule has 1 unspecified atom stereocenters. The Kier molecular flexibility index (Phi) is 1.50. The first-order chi connectivity index (χ1) is 4.47. The molecule has 0 radical (unpaired) electrons. The molecule has 0 bridgehead atoms. The van der Waals surface area contributed by atoms with Crippen molar-refractivity contribution in [3.63, 3.8) is 0 Å². The highest BCUT2D eigenvalue weighted by atomic mass is 32.2. The first kappa shape index (κ1) is 5.78. The van der Waals surface area contributed by atoms with Gasteiger partial charge in [-0.1, -0.05) is 6.42 Å². The van der Waals surface area contributed by atoms with Crippen LogP contribution in [0, 0.1) is 0 Å². The normalized spacial score (nSPS) is 33.8. The SMILES string of the molecule is C1CCC2SCN=C2C1. The summed E-state index contributed by atoms with van der Waals surface area (Å²) in [6.45, 7) is 0. The number of hydrogen-bond donors (Lipinski definition) is 0. The van der Waals surface area contributed by atoms with Gasteiger partial charge in [0.05, 0.1) is 5.88 Å². The van der Waals surface area contributed by atoms with Crippen molar-refractivity contribution < 1.29 is 0 Å². The van der Waals surface area contributed by atoms with E-state index in [-0.39, 0.29) is 0 Å². The molecule has 0 aromatic heterocycles. The molecule has 1 fully saturated rings. The summed E-state index contributed by atoms with van der Waals surface area (Å²) < 4.78 is 0. The Bertz CT molecular complexity index is 142. The van der Waals surface area contributed by atoms with E-state index in [4.69, 9.17) is 0 Å². The largest absolute Gasteiger partial charge is 0.282 e. The van der Waals surface area contributed by atoms with Gasteiger partial charge in [0.1, 0.15) is 0 Å². The summed E-state index contributed by atoms with van der Waals surface area (Å²) >= 11 is 2.02. The molecule has 1 aliphatic carbocycles. The minimum Gasteiger partial charge on any atom is -0.282 e. The van der Waals surface area contributed by atoms with Crippen molar-refractivity contribution in [3.05, 3.63) is 0 Å². The fraction of sp³-hybridized carbons (Fsp3) is 0.857. The first-order valence-corrected chi connectivity index (χ1v) is 4.66. The Labute approximate surface area is 59.9 Å². The van der Waals surface area contributed by atoms with Crippen LogP contribution in [0.4, 0.5) is 0 Å². The predicted octanol–water partition coefficient (Wildman–Crippen LogP) is 2.07. The van der Waals surface area contributed by atoms with Gasteiger partial charge in [-0.05, 0) is 19.3 Å². The Hall–Kier alpha value is 0.0200. The molecule has 0 aromatic carbocycles. The summed E-state index contributed by atoms with van der Waals surface area (Å²) in [5, 5.41) is 0.832. The second-order valence-electron chi connectivity index (χ2n) is 2.68. The monoisotopic (exact) mass is 141 g/mol. The van der Waals surface area contributed by atoms with Crippen LogP contribution in [0.25, 0.3) is 0 Å². The quantitative estimate of drug-likeness (QED) is 0.503. The van der Waals surface area contributed by atoms with Gasteiger partial charge < -0.3 is 0 Å². The second-order valence-corrected chi connectivity index (χ2v) is 3.84. The topological polar surface area (TPSA) is 12.4 Å². The van der Waals surface area contributed by atoms with Crippen molar-refractivity contribution in [2.75, 3.05) is 5.88 Å². The number of fused-ring (bicyclic) bond motifs is 1. The minimum atomic E-state index is 0.832. The van der Waals surface area contributed by atoms with Crippen LogP contribution in [0.15, 0.2) is 4.99 Å². The van der Waals surface area contributed by atoms with E-state index < -0.39 is 0 Å². The molecule has 9 heavy (non-hydrogen) atoms. The van der Waals surface area contributed by atoms with E-state index in [0.717, 1.165) is 11.1 Å². The van der Waals surface area contributed by atoms with Gasteiger partial charge in [0.2, 0.25) is 0 Å². The molecule has 1 aliphatic heterocycles. The molecule has 0 aromatic rings. The Morgan fingerprint density at radius 2 is 2.44 bits per heavy atom. The molecule has 50 valence electrons. The molecule has 1 saturated carbocycles. The van der Waals surface area contributed by atoms with E-state index in [1.165, 1.54) is 31.4 Å². The van der Waals surface area contributed by atoms with Crippen LogP contribution in [0.3, 0.4) is 0 Å². The summed E-state index contributed by atoms with van der Waals surface area (Å²) in [6, 6.07) is 0. The van der Waals surface area contributed by atoms with Gasteiger partial charge in [-0.15, -0.1) is 11.8 Å². The number of thioether (sulfide) groups is 1. The molecule has 2 heteroatoms. The fourth-order valence-corrected chi connectivity index (χ4v) is 2.67. The average molecular weight is 141 g/mol. The molecule has 0 spiro atoms. The predicted molar refractivity (Wildman–Crippen MR) is 42.1 cm³/mol. The van der Waals surface area contributed by atoms with Crippen LogP contribution in [-0.4, -0.2) is 16.8 Å². The highest BCUT2D eigenvalue weighted by Gasteiger charge is 2.23. The molecule has 0 amide bonds. The van der Waals surface area contributed by atoms with E-state index in [9.17, 15) is 0 Å². The van der Waals surface area contributed by atoms with Gasteiger partial charge in [-0.3, -0.25) is 4.99 Å². The smallest absolute Gasteiger partial charge is 0.0850 e. The zero-order valence-electron chi connectivity index (χ0n) is 5.47. The minimum absolute atomic E-state index is 0.832.